The zero-order chi connectivity index (χ0) is 21.1. The molecule has 1 fully saturated rings. The van der Waals surface area contributed by atoms with Gasteiger partial charge in [0.05, 0.1) is 12.2 Å². The summed E-state index contributed by atoms with van der Waals surface area (Å²) in [5.41, 5.74) is 1.13. The van der Waals surface area contributed by atoms with Crippen molar-refractivity contribution in [1.82, 2.24) is 4.90 Å². The molecule has 0 bridgehead atoms. The number of anilines is 1. The van der Waals surface area contributed by atoms with Crippen molar-refractivity contribution in [1.29, 1.82) is 0 Å². The van der Waals surface area contributed by atoms with Crippen molar-refractivity contribution in [2.24, 2.45) is 0 Å². The highest BCUT2D eigenvalue weighted by Crippen LogP contribution is 2.32. The number of hydrogen-bond donors (Lipinski definition) is 0. The fourth-order valence-corrected chi connectivity index (χ4v) is 4.00. The molecular formula is C24H23ClN2O3. The Kier molecular flexibility index (Phi) is 5.91. The molecule has 154 valence electrons. The maximum Gasteiger partial charge on any atom is 0.264 e. The average molecular weight is 423 g/mol. The first kappa shape index (κ1) is 20.2. The van der Waals surface area contributed by atoms with E-state index in [0.29, 0.717) is 41.6 Å². The molecule has 1 saturated heterocycles. The lowest BCUT2D eigenvalue weighted by molar-refractivity contribution is -0.127. The van der Waals surface area contributed by atoms with Crippen molar-refractivity contribution in [3.63, 3.8) is 0 Å². The SMILES string of the molecule is CCOc1ccc2ccccc2c1C(=O)N(CN1CCCC1=O)c1cccc(Cl)c1. The highest BCUT2D eigenvalue weighted by atomic mass is 35.5. The number of carbonyl (C=O) groups is 2. The molecule has 0 aromatic heterocycles. The van der Waals surface area contributed by atoms with Crippen LogP contribution in [0.4, 0.5) is 5.69 Å². The smallest absolute Gasteiger partial charge is 0.264 e. The highest BCUT2D eigenvalue weighted by Gasteiger charge is 2.29. The van der Waals surface area contributed by atoms with Crippen LogP contribution in [0.15, 0.2) is 60.7 Å². The van der Waals surface area contributed by atoms with Gasteiger partial charge >= 0.3 is 0 Å². The Morgan fingerprint density at radius 3 is 2.70 bits per heavy atom. The van der Waals surface area contributed by atoms with Gasteiger partial charge in [-0.25, -0.2) is 0 Å². The number of rotatable bonds is 6. The van der Waals surface area contributed by atoms with Crippen LogP contribution in [0.25, 0.3) is 10.8 Å². The van der Waals surface area contributed by atoms with Gasteiger partial charge in [0.25, 0.3) is 5.91 Å². The molecule has 3 aromatic carbocycles. The average Bonchev–Trinajstić information content (AvgIpc) is 3.16. The van der Waals surface area contributed by atoms with E-state index in [1.807, 2.05) is 49.4 Å². The summed E-state index contributed by atoms with van der Waals surface area (Å²) in [4.78, 5) is 29.5. The molecule has 1 aliphatic rings. The van der Waals surface area contributed by atoms with Gasteiger partial charge in [-0.1, -0.05) is 48.0 Å². The number of nitrogens with zero attached hydrogens (tertiary/aromatic N) is 2. The van der Waals surface area contributed by atoms with E-state index >= 15 is 0 Å². The monoisotopic (exact) mass is 422 g/mol. The van der Waals surface area contributed by atoms with Crippen molar-refractivity contribution < 1.29 is 14.3 Å². The summed E-state index contributed by atoms with van der Waals surface area (Å²) in [5, 5.41) is 2.29. The number of carbonyl (C=O) groups excluding carboxylic acids is 2. The fourth-order valence-electron chi connectivity index (χ4n) is 3.81. The molecule has 4 rings (SSSR count). The van der Waals surface area contributed by atoms with E-state index in [1.165, 1.54) is 0 Å². The van der Waals surface area contributed by atoms with Crippen LogP contribution in [0.2, 0.25) is 5.02 Å². The van der Waals surface area contributed by atoms with Crippen molar-refractivity contribution in [2.75, 3.05) is 24.7 Å². The fraction of sp³-hybridized carbons (Fsp3) is 0.250. The number of ether oxygens (including phenoxy) is 1. The molecule has 2 amide bonds. The number of amides is 2. The van der Waals surface area contributed by atoms with Gasteiger partial charge in [0.2, 0.25) is 5.91 Å². The van der Waals surface area contributed by atoms with Gasteiger partial charge in [-0.05, 0) is 48.4 Å². The topological polar surface area (TPSA) is 49.9 Å². The minimum Gasteiger partial charge on any atom is -0.493 e. The molecular weight excluding hydrogens is 400 g/mol. The lowest BCUT2D eigenvalue weighted by atomic mass is 10.0. The summed E-state index contributed by atoms with van der Waals surface area (Å²) in [6.07, 6.45) is 1.31. The van der Waals surface area contributed by atoms with Crippen LogP contribution in [0, 0.1) is 0 Å². The summed E-state index contributed by atoms with van der Waals surface area (Å²) in [7, 11) is 0. The summed E-state index contributed by atoms with van der Waals surface area (Å²) >= 11 is 6.22. The van der Waals surface area contributed by atoms with E-state index in [4.69, 9.17) is 16.3 Å². The normalized spacial score (nSPS) is 13.7. The van der Waals surface area contributed by atoms with Crippen LogP contribution >= 0.6 is 11.6 Å². The van der Waals surface area contributed by atoms with Crippen LogP contribution < -0.4 is 9.64 Å². The Labute approximate surface area is 180 Å². The summed E-state index contributed by atoms with van der Waals surface area (Å²) in [5.74, 6) is 0.357. The van der Waals surface area contributed by atoms with Gasteiger partial charge in [0.1, 0.15) is 12.4 Å². The number of fused-ring (bicyclic) bond motifs is 1. The van der Waals surface area contributed by atoms with Crippen molar-refractivity contribution in [3.05, 3.63) is 71.2 Å². The van der Waals surface area contributed by atoms with E-state index in [2.05, 4.69) is 0 Å². The molecule has 30 heavy (non-hydrogen) atoms. The van der Waals surface area contributed by atoms with E-state index in [9.17, 15) is 9.59 Å². The van der Waals surface area contributed by atoms with Gasteiger partial charge in [0, 0.05) is 23.7 Å². The van der Waals surface area contributed by atoms with Crippen LogP contribution in [0.3, 0.4) is 0 Å². The third kappa shape index (κ3) is 3.98. The number of hydrogen-bond acceptors (Lipinski definition) is 3. The quantitative estimate of drug-likeness (QED) is 0.554. The Hall–Kier alpha value is -3.05. The maximum absolute atomic E-state index is 13.9. The molecule has 0 unspecified atom stereocenters. The predicted molar refractivity (Wildman–Crippen MR) is 119 cm³/mol. The molecule has 0 aliphatic carbocycles. The Morgan fingerprint density at radius 2 is 1.97 bits per heavy atom. The molecule has 0 atom stereocenters. The first-order chi connectivity index (χ1) is 14.6. The largest absolute Gasteiger partial charge is 0.493 e. The minimum absolute atomic E-state index is 0.0535. The lowest BCUT2D eigenvalue weighted by Crippen LogP contribution is -2.42. The third-order valence-electron chi connectivity index (χ3n) is 5.25. The molecule has 0 spiro atoms. The van der Waals surface area contributed by atoms with Crippen molar-refractivity contribution in [2.45, 2.75) is 19.8 Å². The Balaban J connectivity index is 1.83. The number of halogens is 1. The molecule has 3 aromatic rings. The lowest BCUT2D eigenvalue weighted by Gasteiger charge is -2.29. The van der Waals surface area contributed by atoms with Crippen molar-refractivity contribution >= 4 is 39.9 Å². The molecule has 0 saturated carbocycles. The molecule has 6 heteroatoms. The van der Waals surface area contributed by atoms with Gasteiger partial charge in [0.15, 0.2) is 0 Å². The summed E-state index contributed by atoms with van der Waals surface area (Å²) < 4.78 is 5.81. The van der Waals surface area contributed by atoms with Gasteiger partial charge in [-0.15, -0.1) is 0 Å². The second-order valence-electron chi connectivity index (χ2n) is 7.21. The number of likely N-dealkylation sites (tertiary alicyclic amines) is 1. The number of benzene rings is 3. The maximum atomic E-state index is 13.9. The van der Waals surface area contributed by atoms with Crippen molar-refractivity contribution in [3.8, 4) is 5.75 Å². The van der Waals surface area contributed by atoms with E-state index in [-0.39, 0.29) is 18.5 Å². The molecule has 0 radical (unpaired) electrons. The van der Waals surface area contributed by atoms with Crippen LogP contribution in [-0.2, 0) is 4.79 Å². The standard InChI is InChI=1S/C24H23ClN2O3/c1-2-30-21-13-12-17-7-3-4-10-20(17)23(21)24(29)27(16-26-14-6-11-22(26)28)19-9-5-8-18(25)15-19/h3-5,7-10,12-13,15H,2,6,11,14,16H2,1H3. The molecule has 0 N–H and O–H groups in total. The molecule has 1 heterocycles. The van der Waals surface area contributed by atoms with Crippen LogP contribution in [0.5, 0.6) is 5.75 Å². The first-order valence-corrected chi connectivity index (χ1v) is 10.5. The predicted octanol–water partition coefficient (Wildman–Crippen LogP) is 5.12. The minimum atomic E-state index is -0.225. The summed E-state index contributed by atoms with van der Waals surface area (Å²) in [6.45, 7) is 3.14. The van der Waals surface area contributed by atoms with E-state index in [0.717, 1.165) is 17.2 Å². The summed E-state index contributed by atoms with van der Waals surface area (Å²) in [6, 6.07) is 18.6. The van der Waals surface area contributed by atoms with E-state index < -0.39 is 0 Å². The van der Waals surface area contributed by atoms with Crippen LogP contribution in [-0.4, -0.2) is 36.5 Å². The third-order valence-corrected chi connectivity index (χ3v) is 5.49. The second-order valence-corrected chi connectivity index (χ2v) is 7.64. The van der Waals surface area contributed by atoms with Gasteiger partial charge in [-0.2, -0.15) is 0 Å². The van der Waals surface area contributed by atoms with E-state index in [1.54, 1.807) is 28.0 Å². The van der Waals surface area contributed by atoms with Gasteiger partial charge < -0.3 is 9.64 Å². The molecule has 1 aliphatic heterocycles. The first-order valence-electron chi connectivity index (χ1n) is 10.1. The highest BCUT2D eigenvalue weighted by molar-refractivity contribution is 6.31. The van der Waals surface area contributed by atoms with Crippen LogP contribution in [0.1, 0.15) is 30.1 Å². The second kappa shape index (κ2) is 8.76. The Morgan fingerprint density at radius 1 is 1.13 bits per heavy atom. The molecule has 5 nitrogen and oxygen atoms in total. The zero-order valence-electron chi connectivity index (χ0n) is 16.8. The van der Waals surface area contributed by atoms with Gasteiger partial charge in [-0.3, -0.25) is 14.5 Å². The Bertz CT molecular complexity index is 1100. The zero-order valence-corrected chi connectivity index (χ0v) is 17.6.